The van der Waals surface area contributed by atoms with Crippen molar-refractivity contribution in [1.29, 1.82) is 0 Å². The highest BCUT2D eigenvalue weighted by Gasteiger charge is 2.52. The van der Waals surface area contributed by atoms with Crippen LogP contribution in [0.15, 0.2) is 18.3 Å². The highest BCUT2D eigenvalue weighted by Crippen LogP contribution is 2.47. The number of hydrogen-bond acceptors (Lipinski definition) is 3. The maximum absolute atomic E-state index is 12.9. The van der Waals surface area contributed by atoms with E-state index in [-0.39, 0.29) is 12.5 Å². The summed E-state index contributed by atoms with van der Waals surface area (Å²) in [6.45, 7) is 1.49. The van der Waals surface area contributed by atoms with Crippen LogP contribution < -0.4 is 5.32 Å². The molecule has 4 nitrogen and oxygen atoms in total. The standard InChI is InChI=1S/C15H18F4N2O2/c1-13(2,23-9-15(17,18)19)8-21-12(22)14(5-6-14)11-4-3-10(16)7-20-11/h3-4,7H,5-6,8-9H2,1-2H3,(H,21,22). The molecule has 1 saturated carbocycles. The Morgan fingerprint density at radius 1 is 1.35 bits per heavy atom. The Labute approximate surface area is 131 Å². The molecule has 0 spiro atoms. The lowest BCUT2D eigenvalue weighted by Crippen LogP contribution is -2.45. The first kappa shape index (κ1) is 17.7. The highest BCUT2D eigenvalue weighted by molar-refractivity contribution is 5.90. The lowest BCUT2D eigenvalue weighted by Gasteiger charge is -2.27. The normalized spacial score (nSPS) is 17.0. The number of pyridine rings is 1. The van der Waals surface area contributed by atoms with Crippen molar-refractivity contribution >= 4 is 5.91 Å². The third-order valence-electron chi connectivity index (χ3n) is 3.70. The molecule has 1 N–H and O–H groups in total. The minimum absolute atomic E-state index is 0.0646. The summed E-state index contributed by atoms with van der Waals surface area (Å²) in [5, 5.41) is 2.61. The second-order valence-corrected chi connectivity index (χ2v) is 6.29. The molecule has 128 valence electrons. The van der Waals surface area contributed by atoms with E-state index >= 15 is 0 Å². The van der Waals surface area contributed by atoms with Gasteiger partial charge in [0.2, 0.25) is 5.91 Å². The second kappa shape index (κ2) is 6.07. The number of nitrogens with one attached hydrogen (secondary N) is 1. The molecule has 0 atom stereocenters. The minimum atomic E-state index is -4.42. The van der Waals surface area contributed by atoms with Gasteiger partial charge in [-0.1, -0.05) is 0 Å². The molecule has 2 rings (SSSR count). The number of alkyl halides is 3. The van der Waals surface area contributed by atoms with E-state index in [1.165, 1.54) is 26.0 Å². The minimum Gasteiger partial charge on any atom is -0.364 e. The summed E-state index contributed by atoms with van der Waals surface area (Å²) < 4.78 is 54.3. The maximum Gasteiger partial charge on any atom is 0.411 e. The largest absolute Gasteiger partial charge is 0.411 e. The van der Waals surface area contributed by atoms with Gasteiger partial charge >= 0.3 is 6.18 Å². The molecule has 1 heterocycles. The van der Waals surface area contributed by atoms with Crippen LogP contribution in [0.3, 0.4) is 0 Å². The SMILES string of the molecule is CC(C)(CNC(=O)C1(c2ccc(F)cn2)CC1)OCC(F)(F)F. The van der Waals surface area contributed by atoms with Crippen molar-refractivity contribution in [1.82, 2.24) is 10.3 Å². The number of carbonyl (C=O) groups excluding carboxylic acids is 1. The molecule has 1 aromatic rings. The van der Waals surface area contributed by atoms with Gasteiger partial charge in [0.15, 0.2) is 0 Å². The van der Waals surface area contributed by atoms with Crippen LogP contribution in [0, 0.1) is 5.82 Å². The Kier molecular flexibility index (Phi) is 4.66. The first-order valence-corrected chi connectivity index (χ1v) is 7.15. The summed E-state index contributed by atoms with van der Waals surface area (Å²) in [5.74, 6) is -0.827. The number of aromatic nitrogens is 1. The number of carbonyl (C=O) groups is 1. The topological polar surface area (TPSA) is 51.2 Å². The summed E-state index contributed by atoms with van der Waals surface area (Å²) in [7, 11) is 0. The molecule has 0 unspecified atom stereocenters. The quantitative estimate of drug-likeness (QED) is 0.814. The van der Waals surface area contributed by atoms with Crippen LogP contribution >= 0.6 is 0 Å². The molecular formula is C15H18F4N2O2. The van der Waals surface area contributed by atoms with Crippen molar-refractivity contribution in [2.24, 2.45) is 0 Å². The number of amides is 1. The summed E-state index contributed by atoms with van der Waals surface area (Å²) in [6, 6.07) is 2.68. The van der Waals surface area contributed by atoms with Gasteiger partial charge in [0.25, 0.3) is 0 Å². The Morgan fingerprint density at radius 2 is 2.00 bits per heavy atom. The Bertz CT molecular complexity index is 566. The molecular weight excluding hydrogens is 316 g/mol. The Balaban J connectivity index is 1.93. The third-order valence-corrected chi connectivity index (χ3v) is 3.70. The third kappa shape index (κ3) is 4.63. The summed E-state index contributed by atoms with van der Waals surface area (Å²) in [4.78, 5) is 16.3. The molecule has 1 amide bonds. The fourth-order valence-corrected chi connectivity index (χ4v) is 2.17. The number of ether oxygens (including phenoxy) is 1. The van der Waals surface area contributed by atoms with E-state index in [2.05, 4.69) is 10.3 Å². The van der Waals surface area contributed by atoms with Crippen molar-refractivity contribution in [3.05, 3.63) is 29.8 Å². The zero-order chi connectivity index (χ0) is 17.3. The summed E-state index contributed by atoms with van der Waals surface area (Å²) in [5.41, 5.74) is -1.50. The number of nitrogens with zero attached hydrogens (tertiary/aromatic N) is 1. The van der Waals surface area contributed by atoms with Crippen LogP contribution in [0.25, 0.3) is 0 Å². The van der Waals surface area contributed by atoms with Gasteiger partial charge in [-0.25, -0.2) is 4.39 Å². The fraction of sp³-hybridized carbons (Fsp3) is 0.600. The lowest BCUT2D eigenvalue weighted by molar-refractivity contribution is -0.199. The van der Waals surface area contributed by atoms with Gasteiger partial charge < -0.3 is 10.1 Å². The predicted molar refractivity (Wildman–Crippen MR) is 74.2 cm³/mol. The smallest absolute Gasteiger partial charge is 0.364 e. The van der Waals surface area contributed by atoms with Crippen LogP contribution in [0.5, 0.6) is 0 Å². The molecule has 1 aliphatic rings. The Hall–Kier alpha value is -1.70. The van der Waals surface area contributed by atoms with Crippen LogP contribution in [0.2, 0.25) is 0 Å². The van der Waals surface area contributed by atoms with Gasteiger partial charge in [0.05, 0.1) is 22.9 Å². The first-order chi connectivity index (χ1) is 10.5. The van der Waals surface area contributed by atoms with Crippen molar-refractivity contribution in [2.75, 3.05) is 13.2 Å². The summed E-state index contributed by atoms with van der Waals surface area (Å²) >= 11 is 0. The van der Waals surface area contributed by atoms with E-state index in [4.69, 9.17) is 4.74 Å². The molecule has 0 bridgehead atoms. The number of hydrogen-bond donors (Lipinski definition) is 1. The Morgan fingerprint density at radius 3 is 2.48 bits per heavy atom. The van der Waals surface area contributed by atoms with Gasteiger partial charge in [0.1, 0.15) is 12.4 Å². The number of rotatable bonds is 6. The van der Waals surface area contributed by atoms with Crippen LogP contribution in [-0.2, 0) is 14.9 Å². The van der Waals surface area contributed by atoms with E-state index in [1.807, 2.05) is 0 Å². The molecule has 1 fully saturated rings. The van der Waals surface area contributed by atoms with Crippen molar-refractivity contribution in [2.45, 2.75) is 43.9 Å². The highest BCUT2D eigenvalue weighted by atomic mass is 19.4. The maximum atomic E-state index is 12.9. The van der Waals surface area contributed by atoms with Gasteiger partial charge in [-0.05, 0) is 38.8 Å². The lowest BCUT2D eigenvalue weighted by atomic mass is 10.00. The molecule has 1 aliphatic carbocycles. The van der Waals surface area contributed by atoms with E-state index in [0.29, 0.717) is 18.5 Å². The molecule has 23 heavy (non-hydrogen) atoms. The van der Waals surface area contributed by atoms with Crippen molar-refractivity contribution < 1.29 is 27.1 Å². The number of halogens is 4. The molecule has 1 aromatic heterocycles. The molecule has 8 heteroatoms. The van der Waals surface area contributed by atoms with E-state index in [1.54, 1.807) is 0 Å². The van der Waals surface area contributed by atoms with E-state index in [9.17, 15) is 22.4 Å². The van der Waals surface area contributed by atoms with Crippen molar-refractivity contribution in [3.8, 4) is 0 Å². The monoisotopic (exact) mass is 334 g/mol. The van der Waals surface area contributed by atoms with Gasteiger partial charge in [-0.2, -0.15) is 13.2 Å². The van der Waals surface area contributed by atoms with Gasteiger partial charge in [-0.3, -0.25) is 9.78 Å². The zero-order valence-corrected chi connectivity index (χ0v) is 12.8. The van der Waals surface area contributed by atoms with Gasteiger partial charge in [0, 0.05) is 6.54 Å². The van der Waals surface area contributed by atoms with Crippen LogP contribution in [0.4, 0.5) is 17.6 Å². The predicted octanol–water partition coefficient (Wildman–Crippen LogP) is 2.73. The van der Waals surface area contributed by atoms with Crippen LogP contribution in [0.1, 0.15) is 32.4 Å². The zero-order valence-electron chi connectivity index (χ0n) is 12.8. The summed E-state index contributed by atoms with van der Waals surface area (Å²) in [6.07, 6.45) is -2.24. The molecule has 0 saturated heterocycles. The second-order valence-electron chi connectivity index (χ2n) is 6.29. The van der Waals surface area contributed by atoms with Crippen molar-refractivity contribution in [3.63, 3.8) is 0 Å². The van der Waals surface area contributed by atoms with E-state index < -0.39 is 29.6 Å². The average molecular weight is 334 g/mol. The molecule has 0 aliphatic heterocycles. The average Bonchev–Trinajstić information content (AvgIpc) is 3.25. The first-order valence-electron chi connectivity index (χ1n) is 7.15. The van der Waals surface area contributed by atoms with E-state index in [0.717, 1.165) is 6.20 Å². The van der Waals surface area contributed by atoms with Gasteiger partial charge in [-0.15, -0.1) is 0 Å². The molecule has 0 radical (unpaired) electrons. The van der Waals surface area contributed by atoms with Crippen LogP contribution in [-0.4, -0.2) is 35.8 Å². The fourth-order valence-electron chi connectivity index (χ4n) is 2.17. The molecule has 0 aromatic carbocycles.